The van der Waals surface area contributed by atoms with Gasteiger partial charge in [-0.05, 0) is 30.2 Å². The Hall–Kier alpha value is -0.300. The molecule has 0 N–H and O–H groups in total. The van der Waals surface area contributed by atoms with Crippen LogP contribution in [0.2, 0.25) is 0 Å². The van der Waals surface area contributed by atoms with Crippen molar-refractivity contribution in [2.24, 2.45) is 5.92 Å². The van der Waals surface area contributed by atoms with E-state index in [1.54, 1.807) is 0 Å². The summed E-state index contributed by atoms with van der Waals surface area (Å²) in [6, 6.07) is 11.0. The van der Waals surface area contributed by atoms with Crippen molar-refractivity contribution >= 4 is 15.9 Å². The Morgan fingerprint density at radius 2 is 1.79 bits per heavy atom. The lowest BCUT2D eigenvalue weighted by Crippen LogP contribution is -2.18. The van der Waals surface area contributed by atoms with E-state index in [1.165, 1.54) is 31.2 Å². The molecular formula is C13H17Br. The smallest absolute Gasteiger partial charge is 0.00655 e. The van der Waals surface area contributed by atoms with Crippen LogP contribution in [0, 0.1) is 5.92 Å². The molecular weight excluding hydrogens is 236 g/mol. The van der Waals surface area contributed by atoms with Gasteiger partial charge in [-0.3, -0.25) is 0 Å². The van der Waals surface area contributed by atoms with Crippen molar-refractivity contribution in [3.05, 3.63) is 35.9 Å². The monoisotopic (exact) mass is 252 g/mol. The molecule has 1 aromatic carbocycles. The fourth-order valence-corrected chi connectivity index (χ4v) is 3.31. The Bertz CT molecular complexity index is 268. The molecule has 1 fully saturated rings. The second-order valence-electron chi connectivity index (χ2n) is 4.22. The van der Waals surface area contributed by atoms with Crippen LogP contribution in [-0.4, -0.2) is 5.33 Å². The molecule has 0 unspecified atom stereocenters. The van der Waals surface area contributed by atoms with E-state index in [4.69, 9.17) is 0 Å². The zero-order valence-corrected chi connectivity index (χ0v) is 10.0. The van der Waals surface area contributed by atoms with Crippen LogP contribution in [0.25, 0.3) is 0 Å². The Balaban J connectivity index is 2.15. The van der Waals surface area contributed by atoms with Crippen molar-refractivity contribution in [2.45, 2.75) is 31.6 Å². The van der Waals surface area contributed by atoms with Crippen LogP contribution in [0.4, 0.5) is 0 Å². The number of hydrogen-bond donors (Lipinski definition) is 0. The number of hydrogen-bond acceptors (Lipinski definition) is 0. The fourth-order valence-electron chi connectivity index (χ4n) is 2.53. The molecule has 0 amide bonds. The second-order valence-corrected chi connectivity index (χ2v) is 4.86. The molecule has 0 aliphatic heterocycles. The highest BCUT2D eigenvalue weighted by atomic mass is 79.9. The highest BCUT2D eigenvalue weighted by Gasteiger charge is 2.24. The summed E-state index contributed by atoms with van der Waals surface area (Å²) in [5, 5.41) is 1.16. The van der Waals surface area contributed by atoms with E-state index in [1.807, 2.05) is 0 Å². The molecule has 2 atom stereocenters. The predicted molar refractivity (Wildman–Crippen MR) is 64.9 cm³/mol. The van der Waals surface area contributed by atoms with Crippen LogP contribution in [0.15, 0.2) is 30.3 Å². The summed E-state index contributed by atoms with van der Waals surface area (Å²) >= 11 is 3.65. The van der Waals surface area contributed by atoms with E-state index in [0.717, 1.165) is 17.2 Å². The van der Waals surface area contributed by atoms with Crippen molar-refractivity contribution in [1.82, 2.24) is 0 Å². The van der Waals surface area contributed by atoms with E-state index >= 15 is 0 Å². The zero-order valence-electron chi connectivity index (χ0n) is 8.45. The van der Waals surface area contributed by atoms with E-state index in [-0.39, 0.29) is 0 Å². The summed E-state index contributed by atoms with van der Waals surface area (Å²) in [5.74, 6) is 1.65. The van der Waals surface area contributed by atoms with Gasteiger partial charge in [0.15, 0.2) is 0 Å². The molecule has 76 valence electrons. The average Bonchev–Trinajstić information content (AvgIpc) is 2.30. The van der Waals surface area contributed by atoms with Crippen molar-refractivity contribution in [1.29, 1.82) is 0 Å². The van der Waals surface area contributed by atoms with Crippen LogP contribution in [0.1, 0.15) is 37.2 Å². The lowest BCUT2D eigenvalue weighted by atomic mass is 9.76. The third kappa shape index (κ3) is 2.20. The molecule has 14 heavy (non-hydrogen) atoms. The molecule has 0 saturated heterocycles. The summed E-state index contributed by atoms with van der Waals surface area (Å²) in [6.07, 6.45) is 5.59. The topological polar surface area (TPSA) is 0 Å². The predicted octanol–water partition coefficient (Wildman–Crippen LogP) is 4.36. The lowest BCUT2D eigenvalue weighted by molar-refractivity contribution is 0.337. The van der Waals surface area contributed by atoms with Gasteiger partial charge in [-0.1, -0.05) is 59.1 Å². The maximum atomic E-state index is 3.65. The minimum Gasteiger partial charge on any atom is -0.0925 e. The number of alkyl halides is 1. The second kappa shape index (κ2) is 4.97. The van der Waals surface area contributed by atoms with Crippen LogP contribution in [0.5, 0.6) is 0 Å². The summed E-state index contributed by atoms with van der Waals surface area (Å²) in [5.41, 5.74) is 1.54. The Labute approximate surface area is 94.8 Å². The van der Waals surface area contributed by atoms with Gasteiger partial charge in [0.1, 0.15) is 0 Å². The molecule has 1 aliphatic rings. The number of halogens is 1. The molecule has 0 spiro atoms. The first-order chi connectivity index (χ1) is 6.92. The Morgan fingerprint density at radius 1 is 1.07 bits per heavy atom. The fraction of sp³-hybridized carbons (Fsp3) is 0.538. The standard InChI is InChI=1S/C13H17Br/c14-10-12-8-4-5-9-13(12)11-6-2-1-3-7-11/h1-3,6-7,12-13H,4-5,8-10H2/t12-,13-/m0/s1. The Morgan fingerprint density at radius 3 is 2.50 bits per heavy atom. The lowest BCUT2D eigenvalue weighted by Gasteiger charge is -2.30. The van der Waals surface area contributed by atoms with E-state index in [9.17, 15) is 0 Å². The molecule has 0 bridgehead atoms. The van der Waals surface area contributed by atoms with Gasteiger partial charge in [0.25, 0.3) is 0 Å². The van der Waals surface area contributed by atoms with Crippen LogP contribution >= 0.6 is 15.9 Å². The SMILES string of the molecule is BrC[C@@H]1CCCC[C@H]1c1ccccc1. The van der Waals surface area contributed by atoms with Crippen LogP contribution < -0.4 is 0 Å². The van der Waals surface area contributed by atoms with Crippen molar-refractivity contribution < 1.29 is 0 Å². The molecule has 1 aromatic rings. The van der Waals surface area contributed by atoms with E-state index in [2.05, 4.69) is 46.3 Å². The molecule has 0 heterocycles. The minimum absolute atomic E-state index is 0.796. The molecule has 1 heteroatoms. The normalized spacial score (nSPS) is 27.5. The van der Waals surface area contributed by atoms with Gasteiger partial charge < -0.3 is 0 Å². The van der Waals surface area contributed by atoms with Gasteiger partial charge in [-0.2, -0.15) is 0 Å². The van der Waals surface area contributed by atoms with E-state index in [0.29, 0.717) is 0 Å². The first-order valence-corrected chi connectivity index (χ1v) is 6.65. The van der Waals surface area contributed by atoms with Crippen LogP contribution in [0.3, 0.4) is 0 Å². The highest BCUT2D eigenvalue weighted by Crippen LogP contribution is 2.38. The van der Waals surface area contributed by atoms with Gasteiger partial charge >= 0.3 is 0 Å². The van der Waals surface area contributed by atoms with Crippen molar-refractivity contribution in [3.8, 4) is 0 Å². The average molecular weight is 253 g/mol. The Kier molecular flexibility index (Phi) is 3.63. The molecule has 0 aromatic heterocycles. The van der Waals surface area contributed by atoms with Crippen LogP contribution in [-0.2, 0) is 0 Å². The molecule has 2 rings (SSSR count). The molecule has 1 aliphatic carbocycles. The van der Waals surface area contributed by atoms with Gasteiger partial charge in [0.05, 0.1) is 0 Å². The maximum absolute atomic E-state index is 3.65. The zero-order chi connectivity index (χ0) is 9.80. The third-order valence-corrected chi connectivity index (χ3v) is 4.17. The third-order valence-electron chi connectivity index (χ3n) is 3.33. The quantitative estimate of drug-likeness (QED) is 0.687. The largest absolute Gasteiger partial charge is 0.0925 e. The van der Waals surface area contributed by atoms with Gasteiger partial charge in [0.2, 0.25) is 0 Å². The van der Waals surface area contributed by atoms with Crippen molar-refractivity contribution in [3.63, 3.8) is 0 Å². The van der Waals surface area contributed by atoms with Gasteiger partial charge in [-0.15, -0.1) is 0 Å². The number of rotatable bonds is 2. The summed E-state index contributed by atoms with van der Waals surface area (Å²) < 4.78 is 0. The van der Waals surface area contributed by atoms with E-state index < -0.39 is 0 Å². The minimum atomic E-state index is 0.796. The summed E-state index contributed by atoms with van der Waals surface area (Å²) in [4.78, 5) is 0. The summed E-state index contributed by atoms with van der Waals surface area (Å²) in [7, 11) is 0. The number of benzene rings is 1. The first kappa shape index (κ1) is 10.2. The van der Waals surface area contributed by atoms with Gasteiger partial charge in [-0.25, -0.2) is 0 Å². The highest BCUT2D eigenvalue weighted by molar-refractivity contribution is 9.09. The molecule has 0 nitrogen and oxygen atoms in total. The van der Waals surface area contributed by atoms with Gasteiger partial charge in [0, 0.05) is 5.33 Å². The molecule has 1 saturated carbocycles. The molecule has 0 radical (unpaired) electrons. The first-order valence-electron chi connectivity index (χ1n) is 5.52. The maximum Gasteiger partial charge on any atom is 0.00655 e. The van der Waals surface area contributed by atoms with Crippen molar-refractivity contribution in [2.75, 3.05) is 5.33 Å². The summed E-state index contributed by atoms with van der Waals surface area (Å²) in [6.45, 7) is 0.